The van der Waals surface area contributed by atoms with Gasteiger partial charge in [0.25, 0.3) is 0 Å². The highest BCUT2D eigenvalue weighted by molar-refractivity contribution is 14.0. The minimum atomic E-state index is -3.23. The lowest BCUT2D eigenvalue weighted by molar-refractivity contribution is 0.0432. The molecule has 164 valence electrons. The molecule has 0 radical (unpaired) electrons. The van der Waals surface area contributed by atoms with Gasteiger partial charge in [0.1, 0.15) is 5.60 Å². The molecule has 1 aliphatic rings. The van der Waals surface area contributed by atoms with Crippen LogP contribution in [0.2, 0.25) is 0 Å². The predicted molar refractivity (Wildman–Crippen MR) is 131 cm³/mol. The number of aliphatic hydroxyl groups is 1. The van der Waals surface area contributed by atoms with Gasteiger partial charge in [-0.05, 0) is 55.0 Å². The quantitative estimate of drug-likeness (QED) is 0.296. The Labute approximate surface area is 196 Å². The summed E-state index contributed by atoms with van der Waals surface area (Å²) in [4.78, 5) is 4.94. The summed E-state index contributed by atoms with van der Waals surface area (Å²) >= 11 is 0. The van der Waals surface area contributed by atoms with E-state index in [1.165, 1.54) is 11.8 Å². The minimum Gasteiger partial charge on any atom is -0.383 e. The van der Waals surface area contributed by atoms with E-state index in [0.29, 0.717) is 36.9 Å². The summed E-state index contributed by atoms with van der Waals surface area (Å²) in [5.74, 6) is 0.621. The van der Waals surface area contributed by atoms with Gasteiger partial charge in [-0.25, -0.2) is 13.4 Å². The van der Waals surface area contributed by atoms with Crippen molar-refractivity contribution < 1.29 is 13.5 Å². The molecule has 0 fully saturated rings. The van der Waals surface area contributed by atoms with Crippen molar-refractivity contribution in [1.82, 2.24) is 10.6 Å². The first-order valence-corrected chi connectivity index (χ1v) is 11.7. The summed E-state index contributed by atoms with van der Waals surface area (Å²) in [6.45, 7) is 5.27. The normalized spacial score (nSPS) is 18.5. The molecule has 6 nitrogen and oxygen atoms in total. The van der Waals surface area contributed by atoms with Crippen LogP contribution in [0.15, 0.2) is 52.4 Å². The number of guanidine groups is 1. The maximum absolute atomic E-state index is 11.8. The van der Waals surface area contributed by atoms with Crippen LogP contribution in [0.3, 0.4) is 0 Å². The first kappa shape index (κ1) is 24.6. The standard InChI is InChI=1S/C22H29N3O3S.HI/c1-4-23-21(24-14-17-9-10-20(16(2)13-17)29(3,27)28)25-15-22(26)12-11-18-7-5-6-8-19(18)22;/h5-10,13,26H,4,11-12,14-15H2,1-3H3,(H2,23,24,25);1H. The second-order valence-corrected chi connectivity index (χ2v) is 9.59. The Hall–Kier alpha value is -1.65. The van der Waals surface area contributed by atoms with Crippen molar-refractivity contribution in [1.29, 1.82) is 0 Å². The molecule has 1 unspecified atom stereocenters. The van der Waals surface area contributed by atoms with Crippen LogP contribution in [-0.2, 0) is 28.4 Å². The van der Waals surface area contributed by atoms with Gasteiger partial charge in [-0.15, -0.1) is 24.0 Å². The Balaban J connectivity index is 0.00000320. The van der Waals surface area contributed by atoms with Gasteiger partial charge in [-0.2, -0.15) is 0 Å². The molecule has 1 atom stereocenters. The maximum atomic E-state index is 11.8. The fourth-order valence-electron chi connectivity index (χ4n) is 3.82. The third-order valence-electron chi connectivity index (χ3n) is 5.28. The third-order valence-corrected chi connectivity index (χ3v) is 6.53. The van der Waals surface area contributed by atoms with E-state index in [0.717, 1.165) is 23.1 Å². The number of halogens is 1. The topological polar surface area (TPSA) is 90.8 Å². The van der Waals surface area contributed by atoms with E-state index in [9.17, 15) is 13.5 Å². The summed E-state index contributed by atoms with van der Waals surface area (Å²) in [5.41, 5.74) is 2.92. The number of hydrogen-bond donors (Lipinski definition) is 3. The summed E-state index contributed by atoms with van der Waals surface area (Å²) in [6.07, 6.45) is 2.77. The molecule has 2 aromatic carbocycles. The van der Waals surface area contributed by atoms with Gasteiger partial charge in [0.05, 0.1) is 18.0 Å². The number of fused-ring (bicyclic) bond motifs is 1. The molecule has 30 heavy (non-hydrogen) atoms. The maximum Gasteiger partial charge on any atom is 0.191 e. The highest BCUT2D eigenvalue weighted by Gasteiger charge is 2.36. The SMILES string of the molecule is CCNC(=NCc1ccc(S(C)(=O)=O)c(C)c1)NCC1(O)CCc2ccccc21.I. The predicted octanol–water partition coefficient (Wildman–Crippen LogP) is 2.91. The molecule has 2 aromatic rings. The van der Waals surface area contributed by atoms with Crippen LogP contribution in [-0.4, -0.2) is 38.8 Å². The Morgan fingerprint density at radius 1 is 1.20 bits per heavy atom. The van der Waals surface area contributed by atoms with Crippen LogP contribution < -0.4 is 10.6 Å². The lowest BCUT2D eigenvalue weighted by atomic mass is 9.96. The Morgan fingerprint density at radius 2 is 1.93 bits per heavy atom. The Kier molecular flexibility index (Phi) is 8.29. The number of aliphatic imine (C=N–C) groups is 1. The van der Waals surface area contributed by atoms with Crippen molar-refractivity contribution >= 4 is 39.8 Å². The van der Waals surface area contributed by atoms with Gasteiger partial charge >= 0.3 is 0 Å². The zero-order chi connectivity index (χ0) is 21.1. The second kappa shape index (κ2) is 10.1. The highest BCUT2D eigenvalue weighted by Crippen LogP contribution is 2.36. The van der Waals surface area contributed by atoms with E-state index in [1.54, 1.807) is 19.1 Å². The molecule has 0 amide bonds. The molecule has 0 aromatic heterocycles. The smallest absolute Gasteiger partial charge is 0.191 e. The van der Waals surface area contributed by atoms with Gasteiger partial charge < -0.3 is 15.7 Å². The highest BCUT2D eigenvalue weighted by atomic mass is 127. The van der Waals surface area contributed by atoms with Crippen molar-refractivity contribution in [2.75, 3.05) is 19.3 Å². The monoisotopic (exact) mass is 543 g/mol. The van der Waals surface area contributed by atoms with Crippen LogP contribution in [0, 0.1) is 6.92 Å². The number of nitrogens with zero attached hydrogens (tertiary/aromatic N) is 1. The van der Waals surface area contributed by atoms with Crippen LogP contribution in [0.5, 0.6) is 0 Å². The zero-order valence-corrected chi connectivity index (χ0v) is 20.8. The van der Waals surface area contributed by atoms with E-state index >= 15 is 0 Å². The van der Waals surface area contributed by atoms with Crippen molar-refractivity contribution in [3.63, 3.8) is 0 Å². The van der Waals surface area contributed by atoms with E-state index in [4.69, 9.17) is 0 Å². The summed E-state index contributed by atoms with van der Waals surface area (Å²) in [6, 6.07) is 13.3. The number of sulfone groups is 1. The number of hydrogen-bond acceptors (Lipinski definition) is 4. The van der Waals surface area contributed by atoms with Gasteiger partial charge in [0, 0.05) is 12.8 Å². The summed E-state index contributed by atoms with van der Waals surface area (Å²) < 4.78 is 23.5. The molecule has 0 heterocycles. The number of rotatable bonds is 6. The van der Waals surface area contributed by atoms with Gasteiger partial charge in [0.2, 0.25) is 0 Å². The number of benzene rings is 2. The van der Waals surface area contributed by atoms with Gasteiger partial charge in [0.15, 0.2) is 15.8 Å². The molecule has 3 rings (SSSR count). The second-order valence-electron chi connectivity index (χ2n) is 7.61. The first-order valence-electron chi connectivity index (χ1n) is 9.85. The van der Waals surface area contributed by atoms with E-state index in [1.807, 2.05) is 31.2 Å². The zero-order valence-electron chi connectivity index (χ0n) is 17.6. The van der Waals surface area contributed by atoms with Gasteiger partial charge in [-0.1, -0.05) is 36.4 Å². The third kappa shape index (κ3) is 5.73. The Morgan fingerprint density at radius 3 is 2.60 bits per heavy atom. The molecule has 1 aliphatic carbocycles. The lowest BCUT2D eigenvalue weighted by Gasteiger charge is -2.25. The van der Waals surface area contributed by atoms with E-state index in [-0.39, 0.29) is 24.0 Å². The molecule has 0 bridgehead atoms. The van der Waals surface area contributed by atoms with Crippen LogP contribution in [0.25, 0.3) is 0 Å². The van der Waals surface area contributed by atoms with Crippen molar-refractivity contribution in [3.05, 3.63) is 64.7 Å². The molecule has 8 heteroatoms. The summed E-state index contributed by atoms with van der Waals surface area (Å²) in [5, 5.41) is 17.5. The van der Waals surface area contributed by atoms with Crippen LogP contribution in [0.4, 0.5) is 0 Å². The molecular formula is C22H30IN3O3S. The lowest BCUT2D eigenvalue weighted by Crippen LogP contribution is -2.45. The fourth-order valence-corrected chi connectivity index (χ4v) is 4.78. The van der Waals surface area contributed by atoms with Gasteiger partial charge in [-0.3, -0.25) is 0 Å². The van der Waals surface area contributed by atoms with Crippen LogP contribution >= 0.6 is 24.0 Å². The molecule has 0 aliphatic heterocycles. The molecular weight excluding hydrogens is 513 g/mol. The largest absolute Gasteiger partial charge is 0.383 e. The van der Waals surface area contributed by atoms with Crippen molar-refractivity contribution in [2.45, 2.75) is 43.7 Å². The molecule has 0 spiro atoms. The van der Waals surface area contributed by atoms with Crippen molar-refractivity contribution in [3.8, 4) is 0 Å². The minimum absolute atomic E-state index is 0. The average molecular weight is 543 g/mol. The molecule has 0 saturated carbocycles. The Bertz CT molecular complexity index is 1020. The first-order chi connectivity index (χ1) is 13.7. The molecule has 0 saturated heterocycles. The fraction of sp³-hybridized carbons (Fsp3) is 0.409. The number of aryl methyl sites for hydroxylation is 2. The average Bonchev–Trinajstić information content (AvgIpc) is 3.01. The van der Waals surface area contributed by atoms with E-state index < -0.39 is 15.4 Å². The number of nitrogens with one attached hydrogen (secondary N) is 2. The summed E-state index contributed by atoms with van der Waals surface area (Å²) in [7, 11) is -3.23. The van der Waals surface area contributed by atoms with Crippen molar-refractivity contribution in [2.24, 2.45) is 4.99 Å². The van der Waals surface area contributed by atoms with E-state index in [2.05, 4.69) is 21.7 Å². The van der Waals surface area contributed by atoms with Crippen LogP contribution in [0.1, 0.15) is 35.6 Å². The molecule has 3 N–H and O–H groups in total.